The number of pyridine rings is 3. The zero-order chi connectivity index (χ0) is 27.8. The monoisotopic (exact) mass is 734 g/mol. The third-order valence-electron chi connectivity index (χ3n) is 7.86. The van der Waals surface area contributed by atoms with Crippen molar-refractivity contribution in [1.29, 1.82) is 0 Å². The van der Waals surface area contributed by atoms with Crippen molar-refractivity contribution >= 4 is 54.8 Å². The average Bonchev–Trinajstić information content (AvgIpc) is 3.67. The number of para-hydroxylation sites is 1. The summed E-state index contributed by atoms with van der Waals surface area (Å²) in [6, 6.07) is 37.6. The minimum absolute atomic E-state index is 0. The summed E-state index contributed by atoms with van der Waals surface area (Å²) in [6.07, 6.45) is 5.95. The third-order valence-corrected chi connectivity index (χ3v) is 7.86. The second kappa shape index (κ2) is 9.75. The van der Waals surface area contributed by atoms with Gasteiger partial charge in [0, 0.05) is 46.9 Å². The Bertz CT molecular complexity index is 2520. The average molecular weight is 735 g/mol. The summed E-state index contributed by atoms with van der Waals surface area (Å²) in [4.78, 5) is 14.6. The Balaban J connectivity index is 0.00000278. The molecule has 43 heavy (non-hydrogen) atoms. The van der Waals surface area contributed by atoms with Gasteiger partial charge in [0.1, 0.15) is 0 Å². The second-order valence-electron chi connectivity index (χ2n) is 10.5. The van der Waals surface area contributed by atoms with Crippen LogP contribution in [-0.2, 0) is 21.1 Å². The van der Waals surface area contributed by atoms with E-state index in [0.717, 1.165) is 71.7 Å². The number of benzene rings is 4. The van der Waals surface area contributed by atoms with E-state index < -0.39 is 0 Å². The standard InChI is InChI=1S/C36H21N5O.Pt/c1-22-20-40-32-11-6-5-10-27(32)26-15-13-24(18-29(26)35(40)38-22)42-25-14-16-28-30(19-25)36-39-31(23-8-3-2-4-9-23)21-41(36)33-12-7-17-37-34(28)33;/h2-17,20-21H,1H3;/q-2;+2. The zero-order valence-corrected chi connectivity index (χ0v) is 25.1. The number of rotatable bonds is 3. The van der Waals surface area contributed by atoms with Gasteiger partial charge in [0.05, 0.1) is 28.0 Å². The van der Waals surface area contributed by atoms with Crippen molar-refractivity contribution in [3.05, 3.63) is 127 Å². The quantitative estimate of drug-likeness (QED) is 0.135. The van der Waals surface area contributed by atoms with Crippen LogP contribution in [0.1, 0.15) is 5.69 Å². The van der Waals surface area contributed by atoms with E-state index in [1.807, 2.05) is 55.6 Å². The van der Waals surface area contributed by atoms with Crippen LogP contribution in [0.5, 0.6) is 11.5 Å². The number of nitrogens with zero attached hydrogens (tertiary/aromatic N) is 5. The predicted molar refractivity (Wildman–Crippen MR) is 166 cm³/mol. The minimum atomic E-state index is 0. The van der Waals surface area contributed by atoms with Crippen LogP contribution < -0.4 is 4.74 Å². The molecular weight excluding hydrogens is 714 g/mol. The Morgan fingerprint density at radius 3 is 2.14 bits per heavy atom. The molecule has 7 heteroatoms. The molecule has 0 saturated carbocycles. The molecule has 0 atom stereocenters. The van der Waals surface area contributed by atoms with E-state index in [9.17, 15) is 0 Å². The topological polar surface area (TPSA) is 56.7 Å². The van der Waals surface area contributed by atoms with E-state index in [1.165, 1.54) is 0 Å². The van der Waals surface area contributed by atoms with E-state index in [1.54, 1.807) is 0 Å². The maximum Gasteiger partial charge on any atom is 2.00 e. The van der Waals surface area contributed by atoms with Crippen LogP contribution in [-0.4, -0.2) is 23.8 Å². The Labute approximate surface area is 260 Å². The van der Waals surface area contributed by atoms with Crippen LogP contribution in [0.4, 0.5) is 0 Å². The first-order valence-electron chi connectivity index (χ1n) is 13.8. The summed E-state index contributed by atoms with van der Waals surface area (Å²) < 4.78 is 10.6. The van der Waals surface area contributed by atoms with Gasteiger partial charge >= 0.3 is 21.1 Å². The molecule has 0 bridgehead atoms. The number of ether oxygens (including phenoxy) is 1. The first-order valence-corrected chi connectivity index (χ1v) is 13.8. The van der Waals surface area contributed by atoms with Gasteiger partial charge in [0.2, 0.25) is 0 Å². The number of hydrogen-bond acceptors (Lipinski definition) is 4. The van der Waals surface area contributed by atoms with E-state index in [4.69, 9.17) is 19.7 Å². The van der Waals surface area contributed by atoms with Crippen molar-refractivity contribution in [2.45, 2.75) is 6.92 Å². The molecule has 0 amide bonds. The molecule has 5 heterocycles. The summed E-state index contributed by atoms with van der Waals surface area (Å²) in [7, 11) is 0. The molecule has 0 N–H and O–H groups in total. The normalized spacial score (nSPS) is 11.7. The Morgan fingerprint density at radius 1 is 0.628 bits per heavy atom. The fraction of sp³-hybridized carbons (Fsp3) is 0.0278. The van der Waals surface area contributed by atoms with Gasteiger partial charge in [0.15, 0.2) is 0 Å². The van der Waals surface area contributed by atoms with Crippen LogP contribution in [0, 0.1) is 19.1 Å². The number of aromatic nitrogens is 5. The number of imidazole rings is 2. The summed E-state index contributed by atoms with van der Waals surface area (Å²) in [5, 5.41) is 4.97. The molecule has 0 aliphatic carbocycles. The van der Waals surface area contributed by atoms with Crippen LogP contribution >= 0.6 is 0 Å². The summed E-state index contributed by atoms with van der Waals surface area (Å²) in [5.41, 5.74) is 7.56. The molecule has 5 aromatic heterocycles. The predicted octanol–water partition coefficient (Wildman–Crippen LogP) is 8.36. The minimum Gasteiger partial charge on any atom is -0.497 e. The van der Waals surface area contributed by atoms with Crippen LogP contribution in [0.15, 0.2) is 110 Å². The maximum atomic E-state index is 6.41. The molecule has 0 saturated heterocycles. The zero-order valence-electron chi connectivity index (χ0n) is 22.9. The Morgan fingerprint density at radius 2 is 1.30 bits per heavy atom. The fourth-order valence-corrected chi connectivity index (χ4v) is 6.02. The first-order chi connectivity index (χ1) is 20.7. The first kappa shape index (κ1) is 25.6. The molecule has 6 nitrogen and oxygen atoms in total. The molecule has 0 spiro atoms. The van der Waals surface area contributed by atoms with Gasteiger partial charge in [-0.25, -0.2) is 0 Å². The molecule has 9 rings (SSSR count). The molecule has 0 fully saturated rings. The molecule has 0 radical (unpaired) electrons. The van der Waals surface area contributed by atoms with E-state index >= 15 is 0 Å². The molecule has 0 aliphatic heterocycles. The van der Waals surface area contributed by atoms with Crippen molar-refractivity contribution < 1.29 is 25.8 Å². The largest absolute Gasteiger partial charge is 2.00 e. The smallest absolute Gasteiger partial charge is 0.497 e. The summed E-state index contributed by atoms with van der Waals surface area (Å²) in [6.45, 7) is 2.01. The van der Waals surface area contributed by atoms with E-state index in [0.29, 0.717) is 11.5 Å². The van der Waals surface area contributed by atoms with Gasteiger partial charge in [-0.15, -0.1) is 12.1 Å². The van der Waals surface area contributed by atoms with Gasteiger partial charge in [-0.2, -0.15) is 0 Å². The molecule has 0 aliphatic rings. The Kier molecular flexibility index (Phi) is 5.81. The molecule has 206 valence electrons. The van der Waals surface area contributed by atoms with Gasteiger partial charge in [-0.1, -0.05) is 94.3 Å². The fourth-order valence-electron chi connectivity index (χ4n) is 6.02. The van der Waals surface area contributed by atoms with Crippen molar-refractivity contribution in [3.63, 3.8) is 0 Å². The SMILES string of the molecule is Cc1cn2c3ccccc3c3ccc(Oc4[c-]c5c(cc4)c4ncccc4n4cc(-c6ccccc6)nc54)[c-]c3c2n1.[Pt+2]. The van der Waals surface area contributed by atoms with E-state index in [-0.39, 0.29) is 21.1 Å². The van der Waals surface area contributed by atoms with Crippen LogP contribution in [0.25, 0.3) is 66.0 Å². The maximum absolute atomic E-state index is 6.41. The molecular formula is C36H21N5OPt. The van der Waals surface area contributed by atoms with Crippen molar-refractivity contribution in [3.8, 4) is 22.8 Å². The second-order valence-corrected chi connectivity index (χ2v) is 10.5. The van der Waals surface area contributed by atoms with Crippen LogP contribution in [0.2, 0.25) is 0 Å². The number of aryl methyl sites for hydroxylation is 1. The number of hydrogen-bond donors (Lipinski definition) is 0. The Hall–Kier alpha value is -5.06. The number of fused-ring (bicyclic) bond motifs is 12. The van der Waals surface area contributed by atoms with Gasteiger partial charge in [0.25, 0.3) is 0 Å². The van der Waals surface area contributed by atoms with Crippen molar-refractivity contribution in [1.82, 2.24) is 23.8 Å². The third kappa shape index (κ3) is 3.94. The van der Waals surface area contributed by atoms with Gasteiger partial charge < -0.3 is 13.5 Å². The van der Waals surface area contributed by atoms with Crippen LogP contribution in [0.3, 0.4) is 0 Å². The van der Waals surface area contributed by atoms with Crippen molar-refractivity contribution in [2.75, 3.05) is 0 Å². The van der Waals surface area contributed by atoms with Crippen molar-refractivity contribution in [2.24, 2.45) is 0 Å². The van der Waals surface area contributed by atoms with Gasteiger partial charge in [-0.05, 0) is 30.5 Å². The van der Waals surface area contributed by atoms with Gasteiger partial charge in [-0.3, -0.25) is 15.0 Å². The molecule has 9 aromatic rings. The van der Waals surface area contributed by atoms with E-state index in [2.05, 4.69) is 81.9 Å². The summed E-state index contributed by atoms with van der Waals surface area (Å²) in [5.74, 6) is 1.18. The molecule has 4 aromatic carbocycles. The summed E-state index contributed by atoms with van der Waals surface area (Å²) >= 11 is 0. The molecule has 0 unspecified atom stereocenters.